The fourth-order valence-electron chi connectivity index (χ4n) is 1.58. The number of H-pyrrole nitrogens is 1. The van der Waals surface area contributed by atoms with E-state index in [-0.39, 0.29) is 12.8 Å². The molecule has 1 aromatic carbocycles. The van der Waals surface area contributed by atoms with Gasteiger partial charge in [-0.05, 0) is 24.1 Å². The molecule has 0 atom stereocenters. The molecule has 0 aliphatic heterocycles. The van der Waals surface area contributed by atoms with Crippen LogP contribution in [0, 0.1) is 11.6 Å². The van der Waals surface area contributed by atoms with Crippen LogP contribution in [0.5, 0.6) is 0 Å². The molecule has 0 saturated heterocycles. The lowest BCUT2D eigenvalue weighted by Gasteiger charge is -2.02. The summed E-state index contributed by atoms with van der Waals surface area (Å²) >= 11 is 0. The number of nitrogens with one attached hydrogen (secondary N) is 2. The van der Waals surface area contributed by atoms with Crippen LogP contribution < -0.4 is 5.32 Å². The molecule has 0 radical (unpaired) electrons. The molecule has 5 nitrogen and oxygen atoms in total. The molecule has 0 unspecified atom stereocenters. The summed E-state index contributed by atoms with van der Waals surface area (Å²) in [5.74, 6) is -4.54. The van der Waals surface area contributed by atoms with E-state index in [0.717, 1.165) is 12.1 Å². The van der Waals surface area contributed by atoms with E-state index in [1.807, 2.05) is 0 Å². The summed E-state index contributed by atoms with van der Waals surface area (Å²) in [6.07, 6.45) is -4.76. The molecule has 2 rings (SSSR count). The van der Waals surface area contributed by atoms with Crippen molar-refractivity contribution in [3.8, 4) is 0 Å². The molecule has 1 heterocycles. The molecule has 0 saturated carbocycles. The lowest BCUT2D eigenvalue weighted by molar-refractivity contribution is -0.144. The van der Waals surface area contributed by atoms with Gasteiger partial charge in [-0.25, -0.2) is 8.78 Å². The number of halogens is 5. The molecule has 0 spiro atoms. The zero-order chi connectivity index (χ0) is 16.3. The maximum absolute atomic E-state index is 13.0. The number of benzene rings is 1. The molecular formula is C12H9F5N4O. The number of carbonyl (C=O) groups is 1. The van der Waals surface area contributed by atoms with Gasteiger partial charge in [0.25, 0.3) is 0 Å². The summed E-state index contributed by atoms with van der Waals surface area (Å²) in [6, 6.07) is 3.17. The summed E-state index contributed by atoms with van der Waals surface area (Å²) < 4.78 is 62.5. The molecule has 0 bridgehead atoms. The average Bonchev–Trinajstić information content (AvgIpc) is 2.88. The molecule has 2 aromatic rings. The van der Waals surface area contributed by atoms with Crippen molar-refractivity contribution >= 4 is 11.9 Å². The Morgan fingerprint density at radius 1 is 1.23 bits per heavy atom. The molecule has 22 heavy (non-hydrogen) atoms. The maximum atomic E-state index is 13.0. The van der Waals surface area contributed by atoms with Crippen molar-refractivity contribution in [1.82, 2.24) is 15.2 Å². The number of aryl methyl sites for hydroxylation is 1. The van der Waals surface area contributed by atoms with Crippen LogP contribution in [0.1, 0.15) is 17.8 Å². The van der Waals surface area contributed by atoms with E-state index in [4.69, 9.17) is 0 Å². The standard InChI is InChI=1S/C12H9F5N4O/c13-7-3-1-6(5-8(7)14)2-4-9(22)18-11-19-10(20-21-11)12(15,16)17/h1,3,5H,2,4H2,(H2,18,19,20,21,22). The number of hydrogen-bond donors (Lipinski definition) is 2. The highest BCUT2D eigenvalue weighted by Gasteiger charge is 2.35. The highest BCUT2D eigenvalue weighted by Crippen LogP contribution is 2.26. The maximum Gasteiger partial charge on any atom is 0.451 e. The van der Waals surface area contributed by atoms with E-state index in [9.17, 15) is 26.7 Å². The van der Waals surface area contributed by atoms with E-state index in [2.05, 4.69) is 15.4 Å². The van der Waals surface area contributed by atoms with E-state index < -0.39 is 35.5 Å². The zero-order valence-electron chi connectivity index (χ0n) is 10.8. The van der Waals surface area contributed by atoms with Gasteiger partial charge in [0.2, 0.25) is 17.7 Å². The first kappa shape index (κ1) is 15.9. The number of alkyl halides is 3. The van der Waals surface area contributed by atoms with Gasteiger partial charge in [-0.3, -0.25) is 15.2 Å². The van der Waals surface area contributed by atoms with Crippen LogP contribution in [-0.2, 0) is 17.4 Å². The lowest BCUT2D eigenvalue weighted by atomic mass is 10.1. The third kappa shape index (κ3) is 3.99. The second kappa shape index (κ2) is 6.08. The summed E-state index contributed by atoms with van der Waals surface area (Å²) in [6.45, 7) is 0. The fourth-order valence-corrected chi connectivity index (χ4v) is 1.58. The van der Waals surface area contributed by atoms with Crippen molar-refractivity contribution in [2.24, 2.45) is 0 Å². The van der Waals surface area contributed by atoms with E-state index in [1.54, 1.807) is 5.10 Å². The Balaban J connectivity index is 1.90. The van der Waals surface area contributed by atoms with Crippen LogP contribution in [0.15, 0.2) is 18.2 Å². The fraction of sp³-hybridized carbons (Fsp3) is 0.250. The van der Waals surface area contributed by atoms with Gasteiger partial charge in [-0.2, -0.15) is 18.2 Å². The third-order valence-corrected chi connectivity index (χ3v) is 2.63. The quantitative estimate of drug-likeness (QED) is 0.851. The van der Waals surface area contributed by atoms with Crippen LogP contribution >= 0.6 is 0 Å². The number of carbonyl (C=O) groups excluding carboxylic acids is 1. The van der Waals surface area contributed by atoms with Gasteiger partial charge in [0, 0.05) is 6.42 Å². The van der Waals surface area contributed by atoms with Gasteiger partial charge < -0.3 is 0 Å². The highest BCUT2D eigenvalue weighted by molar-refractivity contribution is 5.89. The topological polar surface area (TPSA) is 70.7 Å². The number of nitrogens with zero attached hydrogens (tertiary/aromatic N) is 2. The average molecular weight is 320 g/mol. The molecular weight excluding hydrogens is 311 g/mol. The first-order valence-corrected chi connectivity index (χ1v) is 5.99. The van der Waals surface area contributed by atoms with Crippen molar-refractivity contribution in [2.45, 2.75) is 19.0 Å². The Kier molecular flexibility index (Phi) is 4.38. The van der Waals surface area contributed by atoms with Crippen molar-refractivity contribution in [3.05, 3.63) is 41.2 Å². The van der Waals surface area contributed by atoms with E-state index in [1.165, 1.54) is 6.07 Å². The minimum atomic E-state index is -4.69. The number of amides is 1. The van der Waals surface area contributed by atoms with Gasteiger partial charge in [0.1, 0.15) is 0 Å². The van der Waals surface area contributed by atoms with Gasteiger partial charge in [-0.1, -0.05) is 6.07 Å². The second-order valence-electron chi connectivity index (χ2n) is 4.30. The molecule has 1 aromatic heterocycles. The molecule has 0 aliphatic carbocycles. The Bertz CT molecular complexity index is 682. The first-order chi connectivity index (χ1) is 10.3. The monoisotopic (exact) mass is 320 g/mol. The number of rotatable bonds is 4. The smallest absolute Gasteiger partial charge is 0.293 e. The van der Waals surface area contributed by atoms with Crippen molar-refractivity contribution < 1.29 is 26.7 Å². The van der Waals surface area contributed by atoms with Crippen LogP contribution in [0.25, 0.3) is 0 Å². The number of anilines is 1. The van der Waals surface area contributed by atoms with Crippen molar-refractivity contribution in [3.63, 3.8) is 0 Å². The van der Waals surface area contributed by atoms with E-state index in [0.29, 0.717) is 5.56 Å². The van der Waals surface area contributed by atoms with Gasteiger partial charge >= 0.3 is 6.18 Å². The predicted molar refractivity (Wildman–Crippen MR) is 64.7 cm³/mol. The van der Waals surface area contributed by atoms with Crippen LogP contribution in [0.2, 0.25) is 0 Å². The second-order valence-corrected chi connectivity index (χ2v) is 4.30. The Morgan fingerprint density at radius 2 is 1.95 bits per heavy atom. The molecule has 10 heteroatoms. The number of hydrogen-bond acceptors (Lipinski definition) is 3. The Labute approximate surface area is 120 Å². The molecule has 118 valence electrons. The summed E-state index contributed by atoms with van der Waals surface area (Å²) in [4.78, 5) is 14.6. The molecule has 0 fully saturated rings. The van der Waals surface area contributed by atoms with Gasteiger partial charge in [0.05, 0.1) is 0 Å². The predicted octanol–water partition coefficient (Wildman–Crippen LogP) is 2.67. The molecule has 1 amide bonds. The highest BCUT2D eigenvalue weighted by atomic mass is 19.4. The Hall–Kier alpha value is -2.52. The Morgan fingerprint density at radius 3 is 2.55 bits per heavy atom. The summed E-state index contributed by atoms with van der Waals surface area (Å²) in [5.41, 5.74) is 0.375. The van der Waals surface area contributed by atoms with Crippen LogP contribution in [-0.4, -0.2) is 21.1 Å². The van der Waals surface area contributed by atoms with Crippen LogP contribution in [0.4, 0.5) is 27.9 Å². The third-order valence-electron chi connectivity index (χ3n) is 2.63. The normalized spacial score (nSPS) is 11.5. The molecule has 2 N–H and O–H groups in total. The van der Waals surface area contributed by atoms with Crippen molar-refractivity contribution in [2.75, 3.05) is 5.32 Å². The van der Waals surface area contributed by atoms with Gasteiger partial charge in [0.15, 0.2) is 11.6 Å². The number of aromatic nitrogens is 3. The first-order valence-electron chi connectivity index (χ1n) is 5.99. The zero-order valence-corrected chi connectivity index (χ0v) is 10.8. The van der Waals surface area contributed by atoms with Crippen molar-refractivity contribution in [1.29, 1.82) is 0 Å². The summed E-state index contributed by atoms with van der Waals surface area (Å²) in [5, 5.41) is 6.92. The SMILES string of the molecule is O=C(CCc1ccc(F)c(F)c1)Nc1n[nH]c(C(F)(F)F)n1. The molecule has 0 aliphatic rings. The minimum Gasteiger partial charge on any atom is -0.293 e. The summed E-state index contributed by atoms with van der Waals surface area (Å²) in [7, 11) is 0. The number of aromatic amines is 1. The van der Waals surface area contributed by atoms with Gasteiger partial charge in [-0.15, -0.1) is 5.10 Å². The lowest BCUT2D eigenvalue weighted by Crippen LogP contribution is -2.14. The van der Waals surface area contributed by atoms with Crippen LogP contribution in [0.3, 0.4) is 0 Å². The largest absolute Gasteiger partial charge is 0.451 e. The van der Waals surface area contributed by atoms with E-state index >= 15 is 0 Å². The minimum absolute atomic E-state index is 0.0829.